The fourth-order valence-electron chi connectivity index (χ4n) is 2.69. The first-order valence-electron chi connectivity index (χ1n) is 7.63. The van der Waals surface area contributed by atoms with Crippen molar-refractivity contribution in [3.8, 4) is 0 Å². The Morgan fingerprint density at radius 3 is 2.44 bits per heavy atom. The predicted octanol–water partition coefficient (Wildman–Crippen LogP) is 2.04. The molecule has 1 N–H and O–H groups in total. The fraction of sp³-hybridized carbons (Fsp3) is 0.400. The zero-order chi connectivity index (χ0) is 18.0. The van der Waals surface area contributed by atoms with Crippen LogP contribution in [0.5, 0.6) is 0 Å². The number of H-pyrrole nitrogens is 1. The number of rotatable bonds is 2. The van der Waals surface area contributed by atoms with Crippen LogP contribution in [0.1, 0.15) is 12.0 Å². The van der Waals surface area contributed by atoms with Gasteiger partial charge in [0.2, 0.25) is 0 Å². The summed E-state index contributed by atoms with van der Waals surface area (Å²) in [5.74, 6) is -0.503. The number of halogens is 4. The van der Waals surface area contributed by atoms with Crippen LogP contribution in [0.25, 0.3) is 0 Å². The van der Waals surface area contributed by atoms with Gasteiger partial charge in [0.05, 0.1) is 5.56 Å². The van der Waals surface area contributed by atoms with Gasteiger partial charge < -0.3 is 9.80 Å². The number of nitrogens with one attached hydrogen (secondary N) is 1. The molecule has 0 atom stereocenters. The largest absolute Gasteiger partial charge is 0.417 e. The van der Waals surface area contributed by atoms with Gasteiger partial charge in [-0.2, -0.15) is 18.3 Å². The fourth-order valence-corrected chi connectivity index (χ4v) is 2.69. The van der Waals surface area contributed by atoms with E-state index in [1.807, 2.05) is 4.90 Å². The molecule has 0 radical (unpaired) electrons. The number of hydrogen-bond acceptors (Lipinski definition) is 5. The highest BCUT2D eigenvalue weighted by atomic mass is 19.4. The van der Waals surface area contributed by atoms with Gasteiger partial charge in [-0.1, -0.05) is 0 Å². The minimum absolute atomic E-state index is 0.0933. The highest BCUT2D eigenvalue weighted by Gasteiger charge is 2.32. The molecule has 134 valence electrons. The Morgan fingerprint density at radius 1 is 1.08 bits per heavy atom. The van der Waals surface area contributed by atoms with Crippen LogP contribution in [0.2, 0.25) is 0 Å². The topological polar surface area (TPSA) is 65.1 Å². The van der Waals surface area contributed by atoms with Gasteiger partial charge >= 0.3 is 6.18 Å². The Hall–Kier alpha value is -2.65. The number of alkyl halides is 3. The molecule has 0 spiro atoms. The Bertz CT molecular complexity index is 787. The maximum atomic E-state index is 14.1. The van der Waals surface area contributed by atoms with Gasteiger partial charge in [0.15, 0.2) is 11.6 Å². The third-order valence-electron chi connectivity index (χ3n) is 3.93. The van der Waals surface area contributed by atoms with Crippen molar-refractivity contribution in [1.82, 2.24) is 15.2 Å². The van der Waals surface area contributed by atoms with Crippen LogP contribution in [0.3, 0.4) is 0 Å². The van der Waals surface area contributed by atoms with Crippen LogP contribution in [-0.4, -0.2) is 41.4 Å². The van der Waals surface area contributed by atoms with Crippen LogP contribution in [0, 0.1) is 5.82 Å². The van der Waals surface area contributed by atoms with Crippen molar-refractivity contribution in [3.05, 3.63) is 46.1 Å². The van der Waals surface area contributed by atoms with Crippen molar-refractivity contribution in [2.45, 2.75) is 12.6 Å². The van der Waals surface area contributed by atoms with E-state index in [0.717, 1.165) is 0 Å². The molecule has 10 heteroatoms. The van der Waals surface area contributed by atoms with Gasteiger partial charge in [-0.3, -0.25) is 4.79 Å². The first-order valence-corrected chi connectivity index (χ1v) is 7.63. The average Bonchev–Trinajstić information content (AvgIpc) is 2.81. The summed E-state index contributed by atoms with van der Waals surface area (Å²) in [4.78, 5) is 18.3. The van der Waals surface area contributed by atoms with Crippen molar-refractivity contribution in [2.75, 3.05) is 36.0 Å². The molecule has 0 saturated carbocycles. The van der Waals surface area contributed by atoms with Crippen LogP contribution in [0.4, 0.5) is 29.2 Å². The molecule has 6 nitrogen and oxygen atoms in total. The van der Waals surface area contributed by atoms with Gasteiger partial charge in [0.25, 0.3) is 5.56 Å². The lowest BCUT2D eigenvalue weighted by molar-refractivity contribution is -0.138. The van der Waals surface area contributed by atoms with E-state index in [1.54, 1.807) is 11.0 Å². The maximum absolute atomic E-state index is 14.1. The standard InChI is InChI=1S/C15H15F4N5O/c16-11-8-10(15(17,18)19)9-20-14(11)24-5-1-4-23(6-7-24)12-2-3-13(25)22-21-12/h2-3,8-9H,1,4-7H2,(H,22,25). The van der Waals surface area contributed by atoms with E-state index in [2.05, 4.69) is 15.2 Å². The van der Waals surface area contributed by atoms with E-state index in [-0.39, 0.29) is 11.4 Å². The number of hydrogen-bond donors (Lipinski definition) is 1. The molecule has 3 rings (SSSR count). The molecular formula is C15H15F4N5O. The van der Waals surface area contributed by atoms with Crippen molar-refractivity contribution in [1.29, 1.82) is 0 Å². The van der Waals surface area contributed by atoms with Crippen LogP contribution in [0.15, 0.2) is 29.2 Å². The molecule has 1 fully saturated rings. The highest BCUT2D eigenvalue weighted by Crippen LogP contribution is 2.31. The number of aromatic amines is 1. The summed E-state index contributed by atoms with van der Waals surface area (Å²) in [7, 11) is 0. The summed E-state index contributed by atoms with van der Waals surface area (Å²) in [6.45, 7) is 1.92. The molecule has 0 aliphatic carbocycles. The van der Waals surface area contributed by atoms with Gasteiger partial charge in [-0.05, 0) is 18.6 Å². The molecule has 0 amide bonds. The zero-order valence-electron chi connectivity index (χ0n) is 13.1. The Kier molecular flexibility index (Phi) is 4.60. The summed E-state index contributed by atoms with van der Waals surface area (Å²) in [5.41, 5.74) is -1.42. The molecule has 3 heterocycles. The minimum Gasteiger partial charge on any atom is -0.353 e. The normalized spacial score (nSPS) is 16.0. The summed E-state index contributed by atoms with van der Waals surface area (Å²) >= 11 is 0. The lowest BCUT2D eigenvalue weighted by Gasteiger charge is -2.23. The van der Waals surface area contributed by atoms with Crippen LogP contribution in [-0.2, 0) is 6.18 Å². The van der Waals surface area contributed by atoms with Crippen LogP contribution >= 0.6 is 0 Å². The zero-order valence-corrected chi connectivity index (χ0v) is 13.1. The predicted molar refractivity (Wildman–Crippen MR) is 83.1 cm³/mol. The van der Waals surface area contributed by atoms with E-state index < -0.39 is 17.6 Å². The summed E-state index contributed by atoms with van der Waals surface area (Å²) in [5, 5.41) is 6.30. The highest BCUT2D eigenvalue weighted by molar-refractivity contribution is 5.44. The second kappa shape index (κ2) is 6.69. The first kappa shape index (κ1) is 17.2. The summed E-state index contributed by atoms with van der Waals surface area (Å²) in [6.07, 6.45) is -3.34. The second-order valence-electron chi connectivity index (χ2n) is 5.63. The number of pyridine rings is 1. The van der Waals surface area contributed by atoms with Gasteiger partial charge in [-0.25, -0.2) is 14.5 Å². The molecule has 0 aromatic carbocycles. The second-order valence-corrected chi connectivity index (χ2v) is 5.63. The minimum atomic E-state index is -4.63. The van der Waals surface area contributed by atoms with Gasteiger partial charge in [0, 0.05) is 38.4 Å². The molecule has 0 bridgehead atoms. The molecule has 2 aromatic heterocycles. The molecule has 1 aliphatic rings. The molecule has 25 heavy (non-hydrogen) atoms. The summed E-state index contributed by atoms with van der Waals surface area (Å²) in [6, 6.07) is 3.42. The lowest BCUT2D eigenvalue weighted by Crippen LogP contribution is -2.32. The van der Waals surface area contributed by atoms with E-state index in [4.69, 9.17) is 0 Å². The molecule has 0 unspecified atom stereocenters. The summed E-state index contributed by atoms with van der Waals surface area (Å²) < 4.78 is 51.9. The quantitative estimate of drug-likeness (QED) is 0.834. The van der Waals surface area contributed by atoms with Crippen molar-refractivity contribution < 1.29 is 17.6 Å². The number of aromatic nitrogens is 3. The number of nitrogens with zero attached hydrogens (tertiary/aromatic N) is 4. The Morgan fingerprint density at radius 2 is 1.80 bits per heavy atom. The Balaban J connectivity index is 1.75. The van der Waals surface area contributed by atoms with Gasteiger partial charge in [0.1, 0.15) is 5.82 Å². The smallest absolute Gasteiger partial charge is 0.353 e. The van der Waals surface area contributed by atoms with E-state index >= 15 is 0 Å². The van der Waals surface area contributed by atoms with E-state index in [1.165, 1.54) is 6.07 Å². The number of anilines is 2. The van der Waals surface area contributed by atoms with E-state index in [0.29, 0.717) is 50.7 Å². The van der Waals surface area contributed by atoms with Crippen LogP contribution < -0.4 is 15.4 Å². The molecule has 1 saturated heterocycles. The molecular weight excluding hydrogens is 342 g/mol. The van der Waals surface area contributed by atoms with Gasteiger partial charge in [-0.15, -0.1) is 0 Å². The third kappa shape index (κ3) is 3.89. The SMILES string of the molecule is O=c1ccc(N2CCCN(c3ncc(C(F)(F)F)cc3F)CC2)n[nH]1. The molecule has 2 aromatic rings. The van der Waals surface area contributed by atoms with Crippen molar-refractivity contribution in [2.24, 2.45) is 0 Å². The first-order chi connectivity index (χ1) is 11.8. The monoisotopic (exact) mass is 357 g/mol. The maximum Gasteiger partial charge on any atom is 0.417 e. The Labute approximate surface area is 140 Å². The third-order valence-corrected chi connectivity index (χ3v) is 3.93. The molecule has 1 aliphatic heterocycles. The van der Waals surface area contributed by atoms with Crippen molar-refractivity contribution in [3.63, 3.8) is 0 Å². The van der Waals surface area contributed by atoms with E-state index in [9.17, 15) is 22.4 Å². The van der Waals surface area contributed by atoms with Crippen molar-refractivity contribution >= 4 is 11.6 Å². The average molecular weight is 357 g/mol. The lowest BCUT2D eigenvalue weighted by atomic mass is 10.2.